The summed E-state index contributed by atoms with van der Waals surface area (Å²) in [6.07, 6.45) is 1.21. The van der Waals surface area contributed by atoms with Gasteiger partial charge in [0.25, 0.3) is 0 Å². The molecule has 1 aromatic carbocycles. The van der Waals surface area contributed by atoms with Gasteiger partial charge in [0.1, 0.15) is 11.5 Å². The number of halogens is 3. The van der Waals surface area contributed by atoms with Gasteiger partial charge in [0.15, 0.2) is 5.78 Å². The molecule has 112 valence electrons. The number of benzene rings is 1. The highest BCUT2D eigenvalue weighted by Gasteiger charge is 2.20. The fourth-order valence-corrected chi connectivity index (χ4v) is 2.41. The van der Waals surface area contributed by atoms with Crippen molar-refractivity contribution < 1.29 is 13.9 Å². The van der Waals surface area contributed by atoms with Gasteiger partial charge in [-0.1, -0.05) is 29.3 Å². The summed E-state index contributed by atoms with van der Waals surface area (Å²) in [6.45, 7) is 0.772. The number of hydrogen-bond acceptors (Lipinski definition) is 3. The molecule has 4 nitrogen and oxygen atoms in total. The molecular formula is C14H13Cl2FN2O2. The smallest absolute Gasteiger partial charge is 0.186 e. The van der Waals surface area contributed by atoms with E-state index in [0.29, 0.717) is 13.2 Å². The van der Waals surface area contributed by atoms with Crippen LogP contribution in [0.5, 0.6) is 0 Å². The van der Waals surface area contributed by atoms with Crippen molar-refractivity contribution in [2.45, 2.75) is 13.0 Å². The molecule has 0 spiro atoms. The van der Waals surface area contributed by atoms with Crippen LogP contribution in [0.25, 0.3) is 0 Å². The number of nitrogens with zero attached hydrogens (tertiary/aromatic N) is 2. The molecule has 0 radical (unpaired) electrons. The second-order valence-electron chi connectivity index (χ2n) is 4.36. The Bertz CT molecular complexity index is 638. The zero-order valence-electron chi connectivity index (χ0n) is 11.3. The Labute approximate surface area is 131 Å². The molecule has 0 aliphatic carbocycles. The average Bonchev–Trinajstić information content (AvgIpc) is 2.81. The summed E-state index contributed by atoms with van der Waals surface area (Å²) in [5, 5.41) is 4.45. The van der Waals surface area contributed by atoms with E-state index in [-0.39, 0.29) is 33.5 Å². The minimum absolute atomic E-state index is 0.153. The van der Waals surface area contributed by atoms with Crippen LogP contribution in [0.1, 0.15) is 16.1 Å². The van der Waals surface area contributed by atoms with Crippen LogP contribution in [0.15, 0.2) is 24.4 Å². The van der Waals surface area contributed by atoms with Gasteiger partial charge < -0.3 is 4.74 Å². The predicted molar refractivity (Wildman–Crippen MR) is 78.6 cm³/mol. The predicted octanol–water partition coefficient (Wildman–Crippen LogP) is 3.40. The zero-order valence-corrected chi connectivity index (χ0v) is 12.8. The third kappa shape index (κ3) is 3.61. The Morgan fingerprint density at radius 1 is 1.38 bits per heavy atom. The van der Waals surface area contributed by atoms with Crippen molar-refractivity contribution in [1.29, 1.82) is 0 Å². The van der Waals surface area contributed by atoms with E-state index in [1.165, 1.54) is 29.1 Å². The molecule has 7 heteroatoms. The van der Waals surface area contributed by atoms with Crippen molar-refractivity contribution >= 4 is 29.0 Å². The van der Waals surface area contributed by atoms with Gasteiger partial charge in [-0.05, 0) is 12.1 Å². The molecule has 0 saturated heterocycles. The monoisotopic (exact) mass is 330 g/mol. The summed E-state index contributed by atoms with van der Waals surface area (Å²) >= 11 is 11.9. The average molecular weight is 331 g/mol. The van der Waals surface area contributed by atoms with Crippen molar-refractivity contribution in [2.75, 3.05) is 13.7 Å². The molecule has 0 N–H and O–H groups in total. The van der Waals surface area contributed by atoms with Crippen LogP contribution in [-0.2, 0) is 17.7 Å². The van der Waals surface area contributed by atoms with Gasteiger partial charge in [-0.15, -0.1) is 0 Å². The molecule has 1 aromatic heterocycles. The van der Waals surface area contributed by atoms with Crippen molar-refractivity contribution in [3.05, 3.63) is 51.5 Å². The lowest BCUT2D eigenvalue weighted by molar-refractivity contribution is 0.0978. The van der Waals surface area contributed by atoms with E-state index in [2.05, 4.69) is 5.10 Å². The third-order valence-electron chi connectivity index (χ3n) is 2.97. The third-order valence-corrected chi connectivity index (χ3v) is 3.60. The maximum absolute atomic E-state index is 13.7. The molecular weight excluding hydrogens is 318 g/mol. The van der Waals surface area contributed by atoms with E-state index in [9.17, 15) is 9.18 Å². The lowest BCUT2D eigenvalue weighted by atomic mass is 10.1. The van der Waals surface area contributed by atoms with Gasteiger partial charge in [0.05, 0.1) is 24.4 Å². The Balaban J connectivity index is 2.26. The van der Waals surface area contributed by atoms with Gasteiger partial charge in [0, 0.05) is 24.1 Å². The number of methoxy groups -OCH3 is 1. The molecule has 0 saturated carbocycles. The summed E-state index contributed by atoms with van der Waals surface area (Å²) in [6, 6.07) is 4.29. The van der Waals surface area contributed by atoms with Crippen molar-refractivity contribution in [3.63, 3.8) is 0 Å². The summed E-state index contributed by atoms with van der Waals surface area (Å²) < 4.78 is 20.1. The maximum Gasteiger partial charge on any atom is 0.186 e. The maximum atomic E-state index is 13.7. The van der Waals surface area contributed by atoms with E-state index >= 15 is 0 Å². The van der Waals surface area contributed by atoms with Crippen LogP contribution in [-0.4, -0.2) is 29.3 Å². The first-order valence-electron chi connectivity index (χ1n) is 6.21. The minimum Gasteiger partial charge on any atom is -0.383 e. The Morgan fingerprint density at radius 3 is 2.81 bits per heavy atom. The standard InChI is InChI=1S/C14H13Cl2FN2O2/c1-21-6-5-19-14(11(16)8-18-19)13(20)7-9-10(15)3-2-4-12(9)17/h2-4,8H,5-7H2,1H3. The molecule has 0 aliphatic rings. The summed E-state index contributed by atoms with van der Waals surface area (Å²) in [4.78, 5) is 12.4. The Morgan fingerprint density at radius 2 is 2.14 bits per heavy atom. The van der Waals surface area contributed by atoms with Crippen LogP contribution < -0.4 is 0 Å². The van der Waals surface area contributed by atoms with Crippen LogP contribution in [0.2, 0.25) is 10.0 Å². The molecule has 1 heterocycles. The molecule has 0 atom stereocenters. The normalized spacial score (nSPS) is 10.9. The van der Waals surface area contributed by atoms with Gasteiger partial charge >= 0.3 is 0 Å². The lowest BCUT2D eigenvalue weighted by Gasteiger charge is -2.08. The van der Waals surface area contributed by atoms with E-state index in [0.717, 1.165) is 0 Å². The number of carbonyl (C=O) groups excluding carboxylic acids is 1. The SMILES string of the molecule is COCCn1ncc(Cl)c1C(=O)Cc1c(F)cccc1Cl. The Hall–Kier alpha value is -1.43. The number of ketones is 1. The van der Waals surface area contributed by atoms with Crippen molar-refractivity contribution in [3.8, 4) is 0 Å². The van der Waals surface area contributed by atoms with Crippen molar-refractivity contribution in [2.24, 2.45) is 0 Å². The van der Waals surface area contributed by atoms with Crippen LogP contribution in [0, 0.1) is 5.82 Å². The van der Waals surface area contributed by atoms with Gasteiger partial charge in [-0.2, -0.15) is 5.10 Å². The molecule has 21 heavy (non-hydrogen) atoms. The van der Waals surface area contributed by atoms with E-state index < -0.39 is 5.82 Å². The molecule has 0 bridgehead atoms. The highest BCUT2D eigenvalue weighted by atomic mass is 35.5. The molecule has 0 amide bonds. The van der Waals surface area contributed by atoms with Crippen molar-refractivity contribution in [1.82, 2.24) is 9.78 Å². The first kappa shape index (κ1) is 15.9. The largest absolute Gasteiger partial charge is 0.383 e. The van der Waals surface area contributed by atoms with Gasteiger partial charge in [-0.25, -0.2) is 4.39 Å². The van der Waals surface area contributed by atoms with Crippen LogP contribution in [0.4, 0.5) is 4.39 Å². The molecule has 0 aliphatic heterocycles. The van der Waals surface area contributed by atoms with E-state index in [4.69, 9.17) is 27.9 Å². The number of ether oxygens (including phenoxy) is 1. The summed E-state index contributed by atoms with van der Waals surface area (Å²) in [5.41, 5.74) is 0.382. The fourth-order valence-electron chi connectivity index (χ4n) is 1.93. The number of aromatic nitrogens is 2. The molecule has 0 fully saturated rings. The Kier molecular flexibility index (Phi) is 5.33. The van der Waals surface area contributed by atoms with E-state index in [1.54, 1.807) is 7.11 Å². The summed E-state index contributed by atoms with van der Waals surface area (Å²) in [5.74, 6) is -0.865. The van der Waals surface area contributed by atoms with E-state index in [1.807, 2.05) is 0 Å². The van der Waals surface area contributed by atoms with Crippen LogP contribution >= 0.6 is 23.2 Å². The highest BCUT2D eigenvalue weighted by molar-refractivity contribution is 6.34. The number of carbonyl (C=O) groups is 1. The summed E-state index contributed by atoms with van der Waals surface area (Å²) in [7, 11) is 1.55. The lowest BCUT2D eigenvalue weighted by Crippen LogP contribution is -2.16. The molecule has 0 unspecified atom stereocenters. The topological polar surface area (TPSA) is 44.1 Å². The second-order valence-corrected chi connectivity index (χ2v) is 5.17. The number of hydrogen-bond donors (Lipinski definition) is 0. The zero-order chi connectivity index (χ0) is 15.4. The second kappa shape index (κ2) is 7.02. The van der Waals surface area contributed by atoms with Crippen LogP contribution in [0.3, 0.4) is 0 Å². The number of Topliss-reactive ketones (excluding diaryl/α,β-unsaturated/α-hetero) is 1. The molecule has 2 aromatic rings. The fraction of sp³-hybridized carbons (Fsp3) is 0.286. The quantitative estimate of drug-likeness (QED) is 0.762. The van der Waals surface area contributed by atoms with Gasteiger partial charge in [-0.3, -0.25) is 9.48 Å². The number of rotatable bonds is 6. The molecule has 2 rings (SSSR count). The first-order chi connectivity index (χ1) is 10.0. The van der Waals surface area contributed by atoms with Gasteiger partial charge in [0.2, 0.25) is 0 Å². The first-order valence-corrected chi connectivity index (χ1v) is 6.96. The minimum atomic E-state index is -0.519. The highest BCUT2D eigenvalue weighted by Crippen LogP contribution is 2.23.